The van der Waals surface area contributed by atoms with Gasteiger partial charge in [0.15, 0.2) is 11.0 Å². The molecule has 2 aromatic carbocycles. The Kier molecular flexibility index (Phi) is 7.54. The fraction of sp³-hybridized carbons (Fsp3) is 0.286. The summed E-state index contributed by atoms with van der Waals surface area (Å²) < 4.78 is 15.9. The minimum atomic E-state index is -0.747. The van der Waals surface area contributed by atoms with E-state index in [0.29, 0.717) is 11.7 Å². The molecular weight excluding hydrogens is 435 g/mol. The Hall–Kier alpha value is -3.31. The molecule has 0 aliphatic carbocycles. The third-order valence-electron chi connectivity index (χ3n) is 4.84. The van der Waals surface area contributed by atoms with Gasteiger partial charge in [0, 0.05) is 12.1 Å². The molecule has 1 amide bonds. The highest BCUT2D eigenvalue weighted by Gasteiger charge is 2.21. The average molecular weight is 459 g/mol. The molecule has 0 saturated carbocycles. The Morgan fingerprint density at radius 1 is 1.25 bits per heavy atom. The van der Waals surface area contributed by atoms with Gasteiger partial charge in [0.1, 0.15) is 5.82 Å². The van der Waals surface area contributed by atoms with Crippen molar-refractivity contribution in [2.24, 2.45) is 0 Å². The fourth-order valence-electron chi connectivity index (χ4n) is 2.90. The number of carbonyl (C=O) groups excluding carboxylic acids is 1. The van der Waals surface area contributed by atoms with Gasteiger partial charge in [0.2, 0.25) is 5.91 Å². The summed E-state index contributed by atoms with van der Waals surface area (Å²) in [7, 11) is 3.89. The van der Waals surface area contributed by atoms with Gasteiger partial charge in [-0.2, -0.15) is 0 Å². The summed E-state index contributed by atoms with van der Waals surface area (Å²) in [6.07, 6.45) is 0. The highest BCUT2D eigenvalue weighted by molar-refractivity contribution is 7.99. The van der Waals surface area contributed by atoms with Crippen molar-refractivity contribution in [3.05, 3.63) is 75.9 Å². The van der Waals surface area contributed by atoms with E-state index in [1.807, 2.05) is 60.8 Å². The molecule has 1 aromatic heterocycles. The summed E-state index contributed by atoms with van der Waals surface area (Å²) in [5.41, 5.74) is 0.515. The number of nitrogens with zero attached hydrogens (tertiary/aromatic N) is 5. The zero-order valence-corrected chi connectivity index (χ0v) is 18.7. The van der Waals surface area contributed by atoms with Gasteiger partial charge in [-0.3, -0.25) is 19.8 Å². The normalized spacial score (nSPS) is 12.0. The summed E-state index contributed by atoms with van der Waals surface area (Å²) in [4.78, 5) is 24.7. The van der Waals surface area contributed by atoms with Crippen LogP contribution in [0, 0.1) is 15.9 Å². The second kappa shape index (κ2) is 10.3. The Balaban J connectivity index is 1.76. The molecule has 0 bridgehead atoms. The summed E-state index contributed by atoms with van der Waals surface area (Å²) in [6, 6.07) is 12.8. The smallest absolute Gasteiger partial charge is 0.271 e. The molecule has 0 spiro atoms. The van der Waals surface area contributed by atoms with Gasteiger partial charge >= 0.3 is 0 Å². The number of anilines is 1. The number of benzene rings is 2. The third-order valence-corrected chi connectivity index (χ3v) is 5.81. The van der Waals surface area contributed by atoms with Crippen LogP contribution >= 0.6 is 11.8 Å². The molecule has 11 heteroatoms. The summed E-state index contributed by atoms with van der Waals surface area (Å²) >= 11 is 1.16. The second-order valence-corrected chi connectivity index (χ2v) is 8.25. The zero-order valence-electron chi connectivity index (χ0n) is 17.9. The topological polar surface area (TPSA) is 106 Å². The van der Waals surface area contributed by atoms with E-state index in [1.165, 1.54) is 0 Å². The third kappa shape index (κ3) is 5.68. The van der Waals surface area contributed by atoms with Crippen molar-refractivity contribution >= 4 is 29.0 Å². The molecular formula is C21H23FN6O3S. The number of carbonyl (C=O) groups is 1. The average Bonchev–Trinajstić information content (AvgIpc) is 3.16. The number of nitro benzene ring substituents is 1. The molecule has 0 fully saturated rings. The van der Waals surface area contributed by atoms with Crippen LogP contribution in [0.15, 0.2) is 53.7 Å². The minimum absolute atomic E-state index is 0.00616. The molecule has 9 nitrogen and oxygen atoms in total. The molecule has 1 atom stereocenters. The number of non-ortho nitro benzene ring substituents is 1. The lowest BCUT2D eigenvalue weighted by molar-refractivity contribution is -0.384. The molecule has 0 aliphatic rings. The van der Waals surface area contributed by atoms with Gasteiger partial charge in [-0.25, -0.2) is 4.39 Å². The van der Waals surface area contributed by atoms with Gasteiger partial charge in [-0.1, -0.05) is 42.1 Å². The molecule has 0 radical (unpaired) electrons. The van der Waals surface area contributed by atoms with E-state index in [9.17, 15) is 19.3 Å². The minimum Gasteiger partial charge on any atom is -0.323 e. The predicted octanol–water partition coefficient (Wildman–Crippen LogP) is 3.73. The quantitative estimate of drug-likeness (QED) is 0.296. The van der Waals surface area contributed by atoms with Gasteiger partial charge in [-0.15, -0.1) is 10.2 Å². The lowest BCUT2D eigenvalue weighted by Gasteiger charge is -2.20. The number of hydrogen-bond donors (Lipinski definition) is 1. The number of hydrogen-bond acceptors (Lipinski definition) is 7. The van der Waals surface area contributed by atoms with Crippen molar-refractivity contribution in [3.8, 4) is 0 Å². The van der Waals surface area contributed by atoms with Crippen molar-refractivity contribution in [2.45, 2.75) is 24.7 Å². The second-order valence-electron chi connectivity index (χ2n) is 7.31. The van der Waals surface area contributed by atoms with E-state index in [1.54, 1.807) is 0 Å². The molecule has 0 unspecified atom stereocenters. The van der Waals surface area contributed by atoms with E-state index >= 15 is 0 Å². The van der Waals surface area contributed by atoms with Crippen LogP contribution in [0.4, 0.5) is 15.8 Å². The standard InChI is InChI=1S/C21H23FN6O3S/c1-14(26(2)3)20-24-25-21(27(20)12-15-7-5-4-6-8-15)32-13-19(29)23-18-11-16(28(30)31)9-10-17(18)22/h4-11,14H,12-13H2,1-3H3,(H,23,29)/t14-/m1/s1. The first kappa shape index (κ1) is 23.4. The van der Waals surface area contributed by atoms with Crippen molar-refractivity contribution in [1.29, 1.82) is 0 Å². The molecule has 3 aromatic rings. The largest absolute Gasteiger partial charge is 0.323 e. The predicted molar refractivity (Wildman–Crippen MR) is 120 cm³/mol. The van der Waals surface area contributed by atoms with Gasteiger partial charge < -0.3 is 9.88 Å². The van der Waals surface area contributed by atoms with Crippen LogP contribution < -0.4 is 5.32 Å². The Bertz CT molecular complexity index is 1110. The molecule has 0 aliphatic heterocycles. The van der Waals surface area contributed by atoms with E-state index < -0.39 is 16.6 Å². The van der Waals surface area contributed by atoms with Crippen LogP contribution in [-0.2, 0) is 11.3 Å². The Morgan fingerprint density at radius 2 is 1.97 bits per heavy atom. The van der Waals surface area contributed by atoms with Crippen LogP contribution in [-0.4, -0.2) is 50.3 Å². The molecule has 1 N–H and O–H groups in total. The maximum Gasteiger partial charge on any atom is 0.271 e. The van der Waals surface area contributed by atoms with Crippen LogP contribution in [0.25, 0.3) is 0 Å². The summed E-state index contributed by atoms with van der Waals surface area (Å²) in [5, 5.41) is 22.4. The van der Waals surface area contributed by atoms with Crippen LogP contribution in [0.1, 0.15) is 24.4 Å². The number of aromatic nitrogens is 3. The molecule has 32 heavy (non-hydrogen) atoms. The van der Waals surface area contributed by atoms with E-state index in [2.05, 4.69) is 15.5 Å². The highest BCUT2D eigenvalue weighted by atomic mass is 32.2. The summed E-state index contributed by atoms with van der Waals surface area (Å²) in [5.74, 6) is -0.563. The van der Waals surface area contributed by atoms with Crippen LogP contribution in [0.3, 0.4) is 0 Å². The van der Waals surface area contributed by atoms with Gasteiger partial charge in [0.05, 0.1) is 29.0 Å². The first-order valence-electron chi connectivity index (χ1n) is 9.76. The number of rotatable bonds is 9. The lowest BCUT2D eigenvalue weighted by Crippen LogP contribution is -2.21. The number of thioether (sulfide) groups is 1. The van der Waals surface area contributed by atoms with E-state index in [0.717, 1.165) is 41.3 Å². The van der Waals surface area contributed by atoms with Gasteiger partial charge in [-0.05, 0) is 32.6 Å². The summed E-state index contributed by atoms with van der Waals surface area (Å²) in [6.45, 7) is 2.54. The van der Waals surface area contributed by atoms with E-state index in [-0.39, 0.29) is 23.2 Å². The SMILES string of the molecule is C[C@H](c1nnc(SCC(=O)Nc2cc([N+](=O)[O-])ccc2F)n1Cc1ccccc1)N(C)C. The maximum atomic E-state index is 14.0. The number of halogens is 1. The molecule has 0 saturated heterocycles. The zero-order chi connectivity index (χ0) is 23.3. The van der Waals surface area contributed by atoms with Crippen LogP contribution in [0.5, 0.6) is 0 Å². The van der Waals surface area contributed by atoms with E-state index in [4.69, 9.17) is 0 Å². The molecule has 168 valence electrons. The van der Waals surface area contributed by atoms with Crippen molar-refractivity contribution < 1.29 is 14.1 Å². The fourth-order valence-corrected chi connectivity index (χ4v) is 3.65. The number of amides is 1. The first-order chi connectivity index (χ1) is 15.3. The lowest BCUT2D eigenvalue weighted by atomic mass is 10.2. The monoisotopic (exact) mass is 458 g/mol. The van der Waals surface area contributed by atoms with Crippen molar-refractivity contribution in [3.63, 3.8) is 0 Å². The van der Waals surface area contributed by atoms with Gasteiger partial charge in [0.25, 0.3) is 5.69 Å². The van der Waals surface area contributed by atoms with Crippen LogP contribution in [0.2, 0.25) is 0 Å². The Labute approximate surface area is 188 Å². The number of nitrogens with one attached hydrogen (secondary N) is 1. The number of nitro groups is 1. The Morgan fingerprint density at radius 3 is 2.62 bits per heavy atom. The molecule has 1 heterocycles. The van der Waals surface area contributed by atoms with Crippen molar-refractivity contribution in [1.82, 2.24) is 19.7 Å². The van der Waals surface area contributed by atoms with Crippen molar-refractivity contribution in [2.75, 3.05) is 25.2 Å². The molecule has 3 rings (SSSR count). The first-order valence-corrected chi connectivity index (χ1v) is 10.7. The maximum absolute atomic E-state index is 14.0. The highest BCUT2D eigenvalue weighted by Crippen LogP contribution is 2.25.